The number of halogens is 1. The molecule has 0 fully saturated rings. The molecule has 2 aromatic heterocycles. The number of hydrogen-bond donors (Lipinski definition) is 0. The molecule has 0 spiro atoms. The highest BCUT2D eigenvalue weighted by Gasteiger charge is 2.18. The summed E-state index contributed by atoms with van der Waals surface area (Å²) in [6.45, 7) is 5.31. The van der Waals surface area contributed by atoms with Crippen molar-refractivity contribution in [2.45, 2.75) is 32.7 Å². The standard InChI is InChI=1S/C14H19ClN2S/c1-3-11(4-2)17(9-7-15)14-12-6-10-18-13(12)5-8-16-14/h5-6,8,10-11H,3-4,7,9H2,1-2H3. The molecule has 0 radical (unpaired) electrons. The minimum atomic E-state index is 0.516. The third-order valence-corrected chi connectivity index (χ3v) is 4.39. The summed E-state index contributed by atoms with van der Waals surface area (Å²) in [5.74, 6) is 1.72. The minimum absolute atomic E-state index is 0.516. The van der Waals surface area contributed by atoms with Crippen LogP contribution in [0.5, 0.6) is 0 Å². The molecule has 2 heterocycles. The van der Waals surface area contributed by atoms with Gasteiger partial charge in [0, 0.05) is 34.7 Å². The van der Waals surface area contributed by atoms with Gasteiger partial charge in [0.25, 0.3) is 0 Å². The zero-order valence-corrected chi connectivity index (χ0v) is 12.5. The highest BCUT2D eigenvalue weighted by molar-refractivity contribution is 7.17. The van der Waals surface area contributed by atoms with Gasteiger partial charge in [-0.25, -0.2) is 4.98 Å². The minimum Gasteiger partial charge on any atom is -0.352 e. The highest BCUT2D eigenvalue weighted by Crippen LogP contribution is 2.30. The Hall–Kier alpha value is -0.800. The third-order valence-electron chi connectivity index (χ3n) is 3.34. The van der Waals surface area contributed by atoms with Crippen LogP contribution in [0.3, 0.4) is 0 Å². The molecule has 0 bridgehead atoms. The van der Waals surface area contributed by atoms with Gasteiger partial charge in [0.15, 0.2) is 0 Å². The fraction of sp³-hybridized carbons (Fsp3) is 0.500. The van der Waals surface area contributed by atoms with Crippen LogP contribution < -0.4 is 4.90 Å². The van der Waals surface area contributed by atoms with Gasteiger partial charge < -0.3 is 4.90 Å². The Bertz CT molecular complexity index is 493. The van der Waals surface area contributed by atoms with Gasteiger partial charge in [-0.15, -0.1) is 22.9 Å². The number of nitrogens with zero attached hydrogens (tertiary/aromatic N) is 2. The Morgan fingerprint density at radius 2 is 2.11 bits per heavy atom. The van der Waals surface area contributed by atoms with E-state index in [2.05, 4.69) is 41.2 Å². The van der Waals surface area contributed by atoms with Crippen LogP contribution in [0.25, 0.3) is 10.1 Å². The van der Waals surface area contributed by atoms with Crippen LogP contribution in [0.15, 0.2) is 23.7 Å². The summed E-state index contributed by atoms with van der Waals surface area (Å²) >= 11 is 7.73. The van der Waals surface area contributed by atoms with E-state index in [1.54, 1.807) is 11.3 Å². The topological polar surface area (TPSA) is 16.1 Å². The molecule has 0 atom stereocenters. The van der Waals surface area contributed by atoms with Crippen molar-refractivity contribution < 1.29 is 0 Å². The molecule has 0 amide bonds. The number of aromatic nitrogens is 1. The second kappa shape index (κ2) is 6.39. The number of fused-ring (bicyclic) bond motifs is 1. The fourth-order valence-corrected chi connectivity index (χ4v) is 3.35. The molecule has 0 N–H and O–H groups in total. The molecular formula is C14H19ClN2S. The van der Waals surface area contributed by atoms with E-state index in [1.165, 1.54) is 10.1 Å². The van der Waals surface area contributed by atoms with Gasteiger partial charge in [-0.1, -0.05) is 13.8 Å². The SMILES string of the molecule is CCC(CC)N(CCCl)c1nccc2sccc12. The Morgan fingerprint density at radius 3 is 2.78 bits per heavy atom. The molecule has 0 aliphatic rings. The van der Waals surface area contributed by atoms with Crippen molar-refractivity contribution in [3.8, 4) is 0 Å². The van der Waals surface area contributed by atoms with E-state index in [1.807, 2.05) is 6.20 Å². The van der Waals surface area contributed by atoms with Crippen molar-refractivity contribution in [3.63, 3.8) is 0 Å². The van der Waals surface area contributed by atoms with Crippen molar-refractivity contribution in [1.29, 1.82) is 0 Å². The van der Waals surface area contributed by atoms with Gasteiger partial charge in [-0.3, -0.25) is 0 Å². The molecule has 18 heavy (non-hydrogen) atoms. The lowest BCUT2D eigenvalue weighted by Gasteiger charge is -2.31. The van der Waals surface area contributed by atoms with Crippen LogP contribution in [0.1, 0.15) is 26.7 Å². The monoisotopic (exact) mass is 282 g/mol. The predicted octanol–water partition coefficient (Wildman–Crippen LogP) is 4.53. The average Bonchev–Trinajstić information content (AvgIpc) is 2.87. The van der Waals surface area contributed by atoms with E-state index < -0.39 is 0 Å². The summed E-state index contributed by atoms with van der Waals surface area (Å²) in [5, 5.41) is 3.38. The summed E-state index contributed by atoms with van der Waals surface area (Å²) in [6.07, 6.45) is 4.14. The third kappa shape index (κ3) is 2.62. The molecule has 0 aliphatic heterocycles. The summed E-state index contributed by atoms with van der Waals surface area (Å²) < 4.78 is 1.30. The zero-order chi connectivity index (χ0) is 13.0. The van der Waals surface area contributed by atoms with Crippen molar-refractivity contribution >= 4 is 38.8 Å². The van der Waals surface area contributed by atoms with Crippen molar-refractivity contribution in [1.82, 2.24) is 4.98 Å². The van der Waals surface area contributed by atoms with Gasteiger partial charge in [0.2, 0.25) is 0 Å². The predicted molar refractivity (Wildman–Crippen MR) is 82.1 cm³/mol. The molecule has 4 heteroatoms. The lowest BCUT2D eigenvalue weighted by Crippen LogP contribution is -2.36. The van der Waals surface area contributed by atoms with E-state index in [4.69, 9.17) is 11.6 Å². The zero-order valence-electron chi connectivity index (χ0n) is 10.9. The van der Waals surface area contributed by atoms with Gasteiger partial charge in [0.1, 0.15) is 5.82 Å². The highest BCUT2D eigenvalue weighted by atomic mass is 35.5. The number of thiophene rings is 1. The van der Waals surface area contributed by atoms with E-state index in [-0.39, 0.29) is 0 Å². The summed E-state index contributed by atoms with van der Waals surface area (Å²) in [6, 6.07) is 4.75. The maximum absolute atomic E-state index is 5.96. The van der Waals surface area contributed by atoms with Gasteiger partial charge in [0.05, 0.1) is 0 Å². The van der Waals surface area contributed by atoms with Crippen molar-refractivity contribution in [2.75, 3.05) is 17.3 Å². The number of alkyl halides is 1. The molecule has 2 aromatic rings. The molecule has 0 aliphatic carbocycles. The Kier molecular flexibility index (Phi) is 4.84. The van der Waals surface area contributed by atoms with E-state index >= 15 is 0 Å². The van der Waals surface area contributed by atoms with Crippen LogP contribution in [-0.4, -0.2) is 23.5 Å². The average molecular weight is 283 g/mol. The fourth-order valence-electron chi connectivity index (χ4n) is 2.39. The van der Waals surface area contributed by atoms with Crippen molar-refractivity contribution in [2.24, 2.45) is 0 Å². The van der Waals surface area contributed by atoms with Gasteiger partial charge in [-0.05, 0) is 30.4 Å². The van der Waals surface area contributed by atoms with Crippen LogP contribution in [0, 0.1) is 0 Å². The summed E-state index contributed by atoms with van der Waals surface area (Å²) in [5.41, 5.74) is 0. The maximum atomic E-state index is 5.96. The molecule has 0 unspecified atom stereocenters. The molecule has 0 aromatic carbocycles. The van der Waals surface area contributed by atoms with E-state index in [0.717, 1.165) is 25.2 Å². The summed E-state index contributed by atoms with van der Waals surface area (Å²) in [4.78, 5) is 6.95. The molecular weight excluding hydrogens is 264 g/mol. The van der Waals surface area contributed by atoms with Crippen LogP contribution >= 0.6 is 22.9 Å². The number of rotatable bonds is 6. The first-order chi connectivity index (χ1) is 8.81. The second-order valence-corrected chi connectivity index (χ2v) is 5.65. The Morgan fingerprint density at radius 1 is 1.33 bits per heavy atom. The molecule has 2 nitrogen and oxygen atoms in total. The number of hydrogen-bond acceptors (Lipinski definition) is 3. The van der Waals surface area contributed by atoms with Gasteiger partial charge >= 0.3 is 0 Å². The van der Waals surface area contributed by atoms with Crippen LogP contribution in [-0.2, 0) is 0 Å². The van der Waals surface area contributed by atoms with E-state index in [0.29, 0.717) is 11.9 Å². The number of pyridine rings is 1. The first-order valence-electron chi connectivity index (χ1n) is 6.46. The molecule has 0 saturated carbocycles. The molecule has 98 valence electrons. The molecule has 2 rings (SSSR count). The molecule has 0 saturated heterocycles. The van der Waals surface area contributed by atoms with E-state index in [9.17, 15) is 0 Å². The second-order valence-electron chi connectivity index (χ2n) is 4.32. The Balaban J connectivity index is 2.43. The Labute approximate surface area is 118 Å². The smallest absolute Gasteiger partial charge is 0.137 e. The normalized spacial score (nSPS) is 11.3. The van der Waals surface area contributed by atoms with Crippen LogP contribution in [0.4, 0.5) is 5.82 Å². The first-order valence-corrected chi connectivity index (χ1v) is 7.88. The van der Waals surface area contributed by atoms with Crippen LogP contribution in [0.2, 0.25) is 0 Å². The first kappa shape index (κ1) is 13.6. The summed E-state index contributed by atoms with van der Waals surface area (Å²) in [7, 11) is 0. The maximum Gasteiger partial charge on any atom is 0.137 e. The lowest BCUT2D eigenvalue weighted by atomic mass is 10.1. The van der Waals surface area contributed by atoms with Gasteiger partial charge in [-0.2, -0.15) is 0 Å². The lowest BCUT2D eigenvalue weighted by molar-refractivity contribution is 0.564. The number of anilines is 1. The van der Waals surface area contributed by atoms with Crippen molar-refractivity contribution in [3.05, 3.63) is 23.7 Å². The largest absolute Gasteiger partial charge is 0.352 e. The quantitative estimate of drug-likeness (QED) is 0.724.